The predicted molar refractivity (Wildman–Crippen MR) is 114 cm³/mol. The number of rotatable bonds is 8. The molecule has 2 aliphatic rings. The van der Waals surface area contributed by atoms with Gasteiger partial charge in [0, 0.05) is 19.6 Å². The van der Waals surface area contributed by atoms with Crippen molar-refractivity contribution in [3.63, 3.8) is 0 Å². The lowest BCUT2D eigenvalue weighted by atomic mass is 10.1. The highest BCUT2D eigenvalue weighted by Crippen LogP contribution is 2.23. The molecule has 172 valence electrons. The van der Waals surface area contributed by atoms with Crippen molar-refractivity contribution < 1.29 is 27.1 Å². The van der Waals surface area contributed by atoms with Gasteiger partial charge in [-0.25, -0.2) is 9.38 Å². The fourth-order valence-corrected chi connectivity index (χ4v) is 4.83. The Hall–Kier alpha value is -1.68. The fourth-order valence-electron chi connectivity index (χ4n) is 3.13. The molecule has 14 heteroatoms. The largest absolute Gasteiger partial charge is 0.338 e. The molecular formula is C17H24BrFN6O5S. The van der Waals surface area contributed by atoms with Crippen LogP contribution in [0.25, 0.3) is 0 Å². The molecule has 11 nitrogen and oxygen atoms in total. The van der Waals surface area contributed by atoms with Crippen molar-refractivity contribution in [1.29, 1.82) is 0 Å². The highest BCUT2D eigenvalue weighted by molar-refractivity contribution is 9.10. The highest BCUT2D eigenvalue weighted by atomic mass is 79.9. The molecule has 0 aliphatic carbocycles. The van der Waals surface area contributed by atoms with E-state index in [9.17, 15) is 18.0 Å². The zero-order valence-electron chi connectivity index (χ0n) is 16.9. The van der Waals surface area contributed by atoms with Crippen LogP contribution in [0.5, 0.6) is 0 Å². The monoisotopic (exact) mass is 522 g/mol. The van der Waals surface area contributed by atoms with Crippen LogP contribution in [0.15, 0.2) is 32.8 Å². The standard InChI is InChI=1S/C17H24BrFN6O5S/c1-10(2)29-31(27,28)25-6-5-11(9-25)8-20-16-15(23-30-24-16)17(22-26)21-12-3-4-14(19)13(18)7-12/h3-4,7,10-11,16,20,24,26H,5-6,8-9H2,1-2H3,(H,21,22)/t11-,16?/m0/s1. The average Bonchev–Trinajstić information content (AvgIpc) is 3.36. The van der Waals surface area contributed by atoms with E-state index in [-0.39, 0.29) is 21.9 Å². The first-order valence-electron chi connectivity index (χ1n) is 9.55. The van der Waals surface area contributed by atoms with Crippen LogP contribution in [0.2, 0.25) is 0 Å². The van der Waals surface area contributed by atoms with Gasteiger partial charge in [-0.2, -0.15) is 12.7 Å². The molecule has 2 atom stereocenters. The zero-order valence-corrected chi connectivity index (χ0v) is 19.3. The van der Waals surface area contributed by atoms with Gasteiger partial charge in [0.25, 0.3) is 0 Å². The number of hydrogen-bond acceptors (Lipinski definition) is 9. The summed E-state index contributed by atoms with van der Waals surface area (Å²) in [5.74, 6) is -0.390. The van der Waals surface area contributed by atoms with Gasteiger partial charge >= 0.3 is 10.3 Å². The SMILES string of the molecule is CC(C)OS(=O)(=O)N1CC[C@@H](CNC2NON=C2C(=Nc2ccc(F)c(Br)c2)NO)C1. The molecule has 2 heterocycles. The molecule has 31 heavy (non-hydrogen) atoms. The quantitative estimate of drug-likeness (QED) is 0.228. The molecule has 1 saturated heterocycles. The van der Waals surface area contributed by atoms with Crippen molar-refractivity contribution in [2.24, 2.45) is 16.1 Å². The lowest BCUT2D eigenvalue weighted by molar-refractivity contribution is 0.0532. The zero-order chi connectivity index (χ0) is 22.6. The second-order valence-electron chi connectivity index (χ2n) is 7.31. The average molecular weight is 523 g/mol. The minimum atomic E-state index is -3.75. The Morgan fingerprint density at radius 3 is 3.00 bits per heavy atom. The van der Waals surface area contributed by atoms with Gasteiger partial charge in [0.05, 0.1) is 16.3 Å². The summed E-state index contributed by atoms with van der Waals surface area (Å²) in [5, 5.41) is 16.5. The molecule has 0 amide bonds. The number of hydroxylamine groups is 2. The normalized spacial score (nSPS) is 22.6. The first-order valence-corrected chi connectivity index (χ1v) is 11.7. The Balaban J connectivity index is 1.60. The van der Waals surface area contributed by atoms with Gasteiger partial charge in [-0.05, 0) is 60.3 Å². The summed E-state index contributed by atoms with van der Waals surface area (Å²) in [4.78, 5) is 9.14. The van der Waals surface area contributed by atoms with Crippen molar-refractivity contribution in [2.45, 2.75) is 32.5 Å². The van der Waals surface area contributed by atoms with Crippen LogP contribution in [0, 0.1) is 11.7 Å². The van der Waals surface area contributed by atoms with E-state index in [4.69, 9.17) is 9.12 Å². The van der Waals surface area contributed by atoms with Crippen LogP contribution in [-0.4, -0.2) is 61.4 Å². The summed E-state index contributed by atoms with van der Waals surface area (Å²) in [5.41, 5.74) is 5.24. The predicted octanol–water partition coefficient (Wildman–Crippen LogP) is 1.40. The van der Waals surface area contributed by atoms with Crippen LogP contribution in [-0.2, 0) is 19.4 Å². The number of benzene rings is 1. The van der Waals surface area contributed by atoms with Crippen LogP contribution in [0.4, 0.5) is 10.1 Å². The molecule has 1 aromatic rings. The molecule has 3 rings (SSSR count). The summed E-state index contributed by atoms with van der Waals surface area (Å²) >= 11 is 3.09. The minimum absolute atomic E-state index is 0.00182. The maximum atomic E-state index is 13.4. The van der Waals surface area contributed by atoms with Crippen molar-refractivity contribution in [2.75, 3.05) is 19.6 Å². The summed E-state index contributed by atoms with van der Waals surface area (Å²) < 4.78 is 44.4. The maximum absolute atomic E-state index is 13.4. The summed E-state index contributed by atoms with van der Waals surface area (Å²) in [6.07, 6.45) is -0.373. The third kappa shape index (κ3) is 6.19. The van der Waals surface area contributed by atoms with E-state index >= 15 is 0 Å². The Morgan fingerprint density at radius 2 is 2.32 bits per heavy atom. The van der Waals surface area contributed by atoms with E-state index in [2.05, 4.69) is 36.9 Å². The molecule has 1 aromatic carbocycles. The van der Waals surface area contributed by atoms with Crippen LogP contribution in [0.3, 0.4) is 0 Å². The third-order valence-corrected chi connectivity index (χ3v) is 6.77. The number of nitrogens with one attached hydrogen (secondary N) is 3. The first kappa shape index (κ1) is 24.0. The van der Waals surface area contributed by atoms with Crippen molar-refractivity contribution in [1.82, 2.24) is 20.6 Å². The number of hydrogen-bond donors (Lipinski definition) is 4. The maximum Gasteiger partial charge on any atom is 0.338 e. The lowest BCUT2D eigenvalue weighted by Crippen LogP contribution is -2.50. The van der Waals surface area contributed by atoms with Crippen LogP contribution >= 0.6 is 15.9 Å². The van der Waals surface area contributed by atoms with E-state index < -0.39 is 28.4 Å². The number of halogens is 2. The molecule has 4 N–H and O–H groups in total. The number of nitrogens with zero attached hydrogens (tertiary/aromatic N) is 3. The van der Waals surface area contributed by atoms with E-state index in [0.717, 1.165) is 0 Å². The van der Waals surface area contributed by atoms with Crippen LogP contribution in [0.1, 0.15) is 20.3 Å². The third-order valence-electron chi connectivity index (χ3n) is 4.57. The molecular weight excluding hydrogens is 499 g/mol. The first-order chi connectivity index (χ1) is 14.7. The van der Waals surface area contributed by atoms with Gasteiger partial charge in [-0.1, -0.05) is 5.16 Å². The fraction of sp³-hybridized carbons (Fsp3) is 0.529. The number of oxime groups is 1. The van der Waals surface area contributed by atoms with Gasteiger partial charge in [0.15, 0.2) is 11.5 Å². The van der Waals surface area contributed by atoms with E-state index in [1.807, 2.05) is 5.48 Å². The van der Waals surface area contributed by atoms with Crippen molar-refractivity contribution in [3.05, 3.63) is 28.5 Å². The van der Waals surface area contributed by atoms with Crippen molar-refractivity contribution in [3.8, 4) is 0 Å². The second kappa shape index (κ2) is 10.3. The highest BCUT2D eigenvalue weighted by Gasteiger charge is 2.34. The van der Waals surface area contributed by atoms with Crippen molar-refractivity contribution >= 4 is 43.5 Å². The number of amidine groups is 1. The van der Waals surface area contributed by atoms with Gasteiger partial charge in [-0.15, -0.1) is 5.48 Å². The molecule has 0 radical (unpaired) electrons. The van der Waals surface area contributed by atoms with E-state index in [1.54, 1.807) is 13.8 Å². The van der Waals surface area contributed by atoms with Gasteiger partial charge < -0.3 is 0 Å². The van der Waals surface area contributed by atoms with E-state index in [0.29, 0.717) is 31.7 Å². The Labute approximate surface area is 188 Å². The summed E-state index contributed by atoms with van der Waals surface area (Å²) in [6, 6.07) is 4.13. The molecule has 0 spiro atoms. The second-order valence-corrected chi connectivity index (χ2v) is 9.73. The minimum Gasteiger partial charge on any atom is -0.297 e. The Bertz CT molecular complexity index is 960. The van der Waals surface area contributed by atoms with Gasteiger partial charge in [-0.3, -0.25) is 25.1 Å². The van der Waals surface area contributed by atoms with Gasteiger partial charge in [0.1, 0.15) is 12.0 Å². The lowest BCUT2D eigenvalue weighted by Gasteiger charge is -2.19. The molecule has 0 saturated carbocycles. The smallest absolute Gasteiger partial charge is 0.297 e. The molecule has 0 bridgehead atoms. The molecule has 1 unspecified atom stereocenters. The van der Waals surface area contributed by atoms with Gasteiger partial charge in [0.2, 0.25) is 0 Å². The summed E-state index contributed by atoms with van der Waals surface area (Å²) in [7, 11) is -3.75. The molecule has 1 fully saturated rings. The Morgan fingerprint density at radius 1 is 1.55 bits per heavy atom. The summed E-state index contributed by atoms with van der Waals surface area (Å²) in [6.45, 7) is 4.48. The number of aliphatic imine (C=N–C) groups is 1. The molecule has 2 aliphatic heterocycles. The van der Waals surface area contributed by atoms with E-state index in [1.165, 1.54) is 22.5 Å². The van der Waals surface area contributed by atoms with Crippen LogP contribution < -0.4 is 16.3 Å². The molecule has 0 aromatic heterocycles. The topological polar surface area (TPSA) is 137 Å². The Kier molecular flexibility index (Phi) is 7.96.